The highest BCUT2D eigenvalue weighted by molar-refractivity contribution is 5.78. The van der Waals surface area contributed by atoms with Gasteiger partial charge >= 0.3 is 6.18 Å². The van der Waals surface area contributed by atoms with E-state index in [1.54, 1.807) is 0 Å². The van der Waals surface area contributed by atoms with Crippen LogP contribution in [0.5, 0.6) is 0 Å². The number of carbonyl (C=O) groups is 1. The summed E-state index contributed by atoms with van der Waals surface area (Å²) in [6.07, 6.45) is -4.35. The van der Waals surface area contributed by atoms with Gasteiger partial charge in [-0.25, -0.2) is 8.78 Å². The van der Waals surface area contributed by atoms with Crippen LogP contribution >= 0.6 is 0 Å². The van der Waals surface area contributed by atoms with Gasteiger partial charge < -0.3 is 11.1 Å². The molecule has 0 unspecified atom stereocenters. The Hall–Kier alpha value is -0.920. The van der Waals surface area contributed by atoms with Crippen LogP contribution in [0.2, 0.25) is 0 Å². The fraction of sp³-hybridized carbons (Fsp3) is 0.909. The fourth-order valence-electron chi connectivity index (χ4n) is 2.12. The number of alkyl halides is 5. The first-order chi connectivity index (χ1) is 8.65. The number of amides is 1. The van der Waals surface area contributed by atoms with E-state index in [0.29, 0.717) is 0 Å². The Labute approximate surface area is 107 Å². The van der Waals surface area contributed by atoms with Crippen LogP contribution in [0.15, 0.2) is 0 Å². The molecule has 0 aromatic rings. The van der Waals surface area contributed by atoms with E-state index < -0.39 is 42.9 Å². The molecule has 112 valence electrons. The molecule has 3 N–H and O–H groups in total. The average molecular weight is 288 g/mol. The number of nitrogens with one attached hydrogen (secondary N) is 1. The number of nitrogens with two attached hydrogens (primary N) is 1. The van der Waals surface area contributed by atoms with Gasteiger partial charge in [0, 0.05) is 5.92 Å². The minimum atomic E-state index is -4.24. The maximum Gasteiger partial charge on any atom is 0.391 e. The van der Waals surface area contributed by atoms with Crippen LogP contribution in [0.4, 0.5) is 22.0 Å². The Kier molecular flexibility index (Phi) is 5.11. The van der Waals surface area contributed by atoms with Crippen LogP contribution in [-0.4, -0.2) is 31.1 Å². The van der Waals surface area contributed by atoms with Crippen molar-refractivity contribution in [3.8, 4) is 0 Å². The van der Waals surface area contributed by atoms with E-state index in [2.05, 4.69) is 0 Å². The zero-order valence-electron chi connectivity index (χ0n) is 10.3. The number of hydrogen-bond acceptors (Lipinski definition) is 2. The second-order valence-electron chi connectivity index (χ2n) is 4.87. The lowest BCUT2D eigenvalue weighted by Gasteiger charge is -2.29. The molecule has 0 atom stereocenters. The first kappa shape index (κ1) is 16.1. The van der Waals surface area contributed by atoms with Gasteiger partial charge in [0.2, 0.25) is 5.91 Å². The fourth-order valence-corrected chi connectivity index (χ4v) is 2.12. The molecule has 1 fully saturated rings. The summed E-state index contributed by atoms with van der Waals surface area (Å²) in [5.74, 6) is -5.80. The molecule has 1 aliphatic rings. The van der Waals surface area contributed by atoms with Crippen molar-refractivity contribution in [1.82, 2.24) is 5.32 Å². The lowest BCUT2D eigenvalue weighted by atomic mass is 9.81. The maximum absolute atomic E-state index is 12.8. The van der Waals surface area contributed by atoms with Crippen molar-refractivity contribution in [3.63, 3.8) is 0 Å². The SMILES string of the molecule is NCC(F)(F)CNC(=O)C1CCC(C(F)(F)F)CC1. The topological polar surface area (TPSA) is 55.1 Å². The van der Waals surface area contributed by atoms with E-state index in [-0.39, 0.29) is 25.7 Å². The Morgan fingerprint density at radius 2 is 1.63 bits per heavy atom. The second kappa shape index (κ2) is 6.02. The van der Waals surface area contributed by atoms with Gasteiger partial charge in [0.25, 0.3) is 5.92 Å². The van der Waals surface area contributed by atoms with Crippen LogP contribution < -0.4 is 11.1 Å². The minimum absolute atomic E-state index is 0.0736. The molecule has 0 aromatic heterocycles. The van der Waals surface area contributed by atoms with Crippen LogP contribution in [0.25, 0.3) is 0 Å². The molecule has 0 aromatic carbocycles. The Balaban J connectivity index is 2.37. The van der Waals surface area contributed by atoms with E-state index in [0.717, 1.165) is 0 Å². The summed E-state index contributed by atoms with van der Waals surface area (Å²) in [4.78, 5) is 11.6. The van der Waals surface area contributed by atoms with Crippen LogP contribution in [0, 0.1) is 11.8 Å². The lowest BCUT2D eigenvalue weighted by molar-refractivity contribution is -0.184. The maximum atomic E-state index is 12.8. The summed E-state index contributed by atoms with van der Waals surface area (Å²) in [5.41, 5.74) is 4.81. The van der Waals surface area contributed by atoms with Crippen molar-refractivity contribution in [2.75, 3.05) is 13.1 Å². The molecule has 0 radical (unpaired) electrons. The molecule has 0 heterocycles. The van der Waals surface area contributed by atoms with Gasteiger partial charge in [-0.1, -0.05) is 0 Å². The van der Waals surface area contributed by atoms with E-state index in [9.17, 15) is 26.7 Å². The molecule has 19 heavy (non-hydrogen) atoms. The lowest BCUT2D eigenvalue weighted by Crippen LogP contribution is -2.44. The van der Waals surface area contributed by atoms with Gasteiger partial charge in [-0.15, -0.1) is 0 Å². The third kappa shape index (κ3) is 4.93. The summed E-state index contributed by atoms with van der Waals surface area (Å²) in [5, 5.41) is 2.05. The van der Waals surface area contributed by atoms with Gasteiger partial charge in [-0.05, 0) is 25.7 Å². The minimum Gasteiger partial charge on any atom is -0.350 e. The predicted octanol–water partition coefficient (Wildman–Crippen LogP) is 2.07. The van der Waals surface area contributed by atoms with Crippen LogP contribution in [0.1, 0.15) is 25.7 Å². The largest absolute Gasteiger partial charge is 0.391 e. The van der Waals surface area contributed by atoms with Gasteiger partial charge in [0.1, 0.15) is 0 Å². The molecular formula is C11H17F5N2O. The monoisotopic (exact) mass is 288 g/mol. The van der Waals surface area contributed by atoms with Crippen molar-refractivity contribution in [3.05, 3.63) is 0 Å². The predicted molar refractivity (Wildman–Crippen MR) is 58.5 cm³/mol. The molecule has 0 aliphatic heterocycles. The second-order valence-corrected chi connectivity index (χ2v) is 4.87. The molecule has 1 amide bonds. The molecule has 3 nitrogen and oxygen atoms in total. The number of halogens is 5. The smallest absolute Gasteiger partial charge is 0.350 e. The number of hydrogen-bond donors (Lipinski definition) is 2. The van der Waals surface area contributed by atoms with E-state index in [4.69, 9.17) is 5.73 Å². The summed E-state index contributed by atoms with van der Waals surface area (Å²) in [7, 11) is 0. The normalized spacial score (nSPS) is 25.2. The average Bonchev–Trinajstić information content (AvgIpc) is 2.35. The standard InChI is InChI=1S/C11H17F5N2O/c12-10(13,5-17)6-18-9(19)7-1-3-8(4-2-7)11(14,15)16/h7-8H,1-6,17H2,(H,18,19). The summed E-state index contributed by atoms with van der Waals surface area (Å²) in [6, 6.07) is 0. The van der Waals surface area contributed by atoms with Gasteiger partial charge in [0.05, 0.1) is 19.0 Å². The number of carbonyl (C=O) groups excluding carboxylic acids is 1. The molecule has 1 rings (SSSR count). The molecule has 1 saturated carbocycles. The van der Waals surface area contributed by atoms with Crippen LogP contribution in [0.3, 0.4) is 0 Å². The summed E-state index contributed by atoms with van der Waals surface area (Å²) in [6.45, 7) is -1.75. The Morgan fingerprint density at radius 1 is 1.11 bits per heavy atom. The highest BCUT2D eigenvalue weighted by Gasteiger charge is 2.42. The third-order valence-electron chi connectivity index (χ3n) is 3.38. The quantitative estimate of drug-likeness (QED) is 0.778. The van der Waals surface area contributed by atoms with E-state index in [1.807, 2.05) is 5.32 Å². The first-order valence-corrected chi connectivity index (χ1v) is 6.08. The van der Waals surface area contributed by atoms with Crippen molar-refractivity contribution in [2.45, 2.75) is 37.8 Å². The summed E-state index contributed by atoms with van der Waals surface area (Å²) >= 11 is 0. The van der Waals surface area contributed by atoms with Gasteiger partial charge in [-0.3, -0.25) is 4.79 Å². The van der Waals surface area contributed by atoms with E-state index in [1.165, 1.54) is 0 Å². The van der Waals surface area contributed by atoms with Crippen molar-refractivity contribution < 1.29 is 26.7 Å². The molecular weight excluding hydrogens is 271 g/mol. The highest BCUT2D eigenvalue weighted by Crippen LogP contribution is 2.39. The Morgan fingerprint density at radius 3 is 2.05 bits per heavy atom. The van der Waals surface area contributed by atoms with Crippen molar-refractivity contribution >= 4 is 5.91 Å². The molecule has 0 bridgehead atoms. The van der Waals surface area contributed by atoms with Gasteiger partial charge in [-0.2, -0.15) is 13.2 Å². The van der Waals surface area contributed by atoms with E-state index >= 15 is 0 Å². The molecule has 1 aliphatic carbocycles. The first-order valence-electron chi connectivity index (χ1n) is 6.08. The van der Waals surface area contributed by atoms with Gasteiger partial charge in [0.15, 0.2) is 0 Å². The zero-order valence-corrected chi connectivity index (χ0v) is 10.3. The molecule has 0 saturated heterocycles. The van der Waals surface area contributed by atoms with Crippen LogP contribution in [-0.2, 0) is 4.79 Å². The Bertz CT molecular complexity index is 311. The number of rotatable bonds is 4. The van der Waals surface area contributed by atoms with Crippen molar-refractivity contribution in [1.29, 1.82) is 0 Å². The van der Waals surface area contributed by atoms with Crippen molar-refractivity contribution in [2.24, 2.45) is 17.6 Å². The zero-order chi connectivity index (χ0) is 14.7. The molecule has 8 heteroatoms. The summed E-state index contributed by atoms with van der Waals surface area (Å²) < 4.78 is 62.8. The molecule has 0 spiro atoms. The highest BCUT2D eigenvalue weighted by atomic mass is 19.4. The third-order valence-corrected chi connectivity index (χ3v) is 3.38.